The SMILES string of the molecule is CCCCOc1nc(N)c2[nH]c(=O)n(Cc3ccc(CN(CCCCl)Cc4ccccc4)cc3)c2n1. The van der Waals surface area contributed by atoms with Crippen LogP contribution in [-0.4, -0.2) is 43.5 Å². The fourth-order valence-corrected chi connectivity index (χ4v) is 4.20. The number of nitrogens with two attached hydrogens (primary N) is 1. The highest BCUT2D eigenvalue weighted by molar-refractivity contribution is 6.17. The van der Waals surface area contributed by atoms with Crippen molar-refractivity contribution >= 4 is 28.6 Å². The Hall–Kier alpha value is -3.36. The van der Waals surface area contributed by atoms with Crippen molar-refractivity contribution in [1.29, 1.82) is 0 Å². The van der Waals surface area contributed by atoms with E-state index in [1.165, 1.54) is 11.1 Å². The summed E-state index contributed by atoms with van der Waals surface area (Å²) in [6.07, 6.45) is 2.83. The molecule has 2 aromatic heterocycles. The van der Waals surface area contributed by atoms with Crippen molar-refractivity contribution in [3.05, 3.63) is 81.8 Å². The summed E-state index contributed by atoms with van der Waals surface area (Å²) in [5.74, 6) is 0.844. The fourth-order valence-electron chi connectivity index (χ4n) is 4.08. The van der Waals surface area contributed by atoms with E-state index < -0.39 is 0 Å². The molecule has 0 atom stereocenters. The molecule has 4 aromatic rings. The molecule has 0 fully saturated rings. The van der Waals surface area contributed by atoms with E-state index >= 15 is 0 Å². The number of nitrogens with zero attached hydrogens (tertiary/aromatic N) is 4. The summed E-state index contributed by atoms with van der Waals surface area (Å²) < 4.78 is 7.20. The van der Waals surface area contributed by atoms with Gasteiger partial charge in [-0.3, -0.25) is 9.47 Å². The molecule has 190 valence electrons. The van der Waals surface area contributed by atoms with Crippen LogP contribution in [0.25, 0.3) is 11.2 Å². The second kappa shape index (κ2) is 12.6. The van der Waals surface area contributed by atoms with E-state index in [0.717, 1.165) is 44.5 Å². The van der Waals surface area contributed by atoms with E-state index in [2.05, 4.69) is 63.2 Å². The lowest BCUT2D eigenvalue weighted by atomic mass is 10.1. The first-order valence-electron chi connectivity index (χ1n) is 12.4. The third-order valence-electron chi connectivity index (χ3n) is 5.99. The van der Waals surface area contributed by atoms with Crippen molar-refractivity contribution in [2.45, 2.75) is 45.8 Å². The molecule has 0 aliphatic heterocycles. The molecule has 4 rings (SSSR count). The van der Waals surface area contributed by atoms with Gasteiger partial charge in [0.2, 0.25) is 0 Å². The van der Waals surface area contributed by atoms with Crippen molar-refractivity contribution in [2.75, 3.05) is 24.8 Å². The van der Waals surface area contributed by atoms with Crippen LogP contribution in [0.2, 0.25) is 0 Å². The number of ether oxygens (including phenoxy) is 1. The number of aromatic amines is 1. The van der Waals surface area contributed by atoms with Crippen LogP contribution in [0.5, 0.6) is 6.01 Å². The van der Waals surface area contributed by atoms with Crippen LogP contribution in [0.1, 0.15) is 42.9 Å². The van der Waals surface area contributed by atoms with Crippen LogP contribution in [0.15, 0.2) is 59.4 Å². The first-order valence-corrected chi connectivity index (χ1v) is 12.9. The number of unbranched alkanes of at least 4 members (excludes halogenated alkanes) is 1. The summed E-state index contributed by atoms with van der Waals surface area (Å²) >= 11 is 5.96. The van der Waals surface area contributed by atoms with Gasteiger partial charge in [-0.1, -0.05) is 67.9 Å². The number of imidazole rings is 1. The number of nitrogen functional groups attached to an aromatic ring is 1. The second-order valence-corrected chi connectivity index (χ2v) is 9.24. The number of benzene rings is 2. The number of halogens is 1. The normalized spacial score (nSPS) is 11.4. The third kappa shape index (κ3) is 6.65. The highest BCUT2D eigenvalue weighted by atomic mass is 35.5. The molecule has 0 saturated heterocycles. The number of nitrogens with one attached hydrogen (secondary N) is 1. The quantitative estimate of drug-likeness (QED) is 0.203. The smallest absolute Gasteiger partial charge is 0.328 e. The van der Waals surface area contributed by atoms with Crippen molar-refractivity contribution in [3.8, 4) is 6.01 Å². The van der Waals surface area contributed by atoms with Gasteiger partial charge in [0.15, 0.2) is 11.5 Å². The van der Waals surface area contributed by atoms with E-state index in [1.54, 1.807) is 4.57 Å². The molecule has 9 heteroatoms. The second-order valence-electron chi connectivity index (χ2n) is 8.86. The van der Waals surface area contributed by atoms with Gasteiger partial charge >= 0.3 is 11.7 Å². The highest BCUT2D eigenvalue weighted by Gasteiger charge is 2.15. The number of anilines is 1. The molecule has 3 N–H and O–H groups in total. The molecule has 0 saturated carbocycles. The Kier molecular flexibility index (Phi) is 8.97. The lowest BCUT2D eigenvalue weighted by molar-refractivity contribution is 0.258. The summed E-state index contributed by atoms with van der Waals surface area (Å²) in [5.41, 5.74) is 10.1. The maximum absolute atomic E-state index is 12.7. The van der Waals surface area contributed by atoms with E-state index in [9.17, 15) is 4.79 Å². The van der Waals surface area contributed by atoms with Gasteiger partial charge in [-0.15, -0.1) is 11.6 Å². The molecule has 0 bridgehead atoms. The minimum atomic E-state index is -0.282. The van der Waals surface area contributed by atoms with Crippen LogP contribution < -0.4 is 16.2 Å². The van der Waals surface area contributed by atoms with Gasteiger partial charge in [0.1, 0.15) is 5.52 Å². The van der Waals surface area contributed by atoms with Gasteiger partial charge in [-0.25, -0.2) is 4.79 Å². The van der Waals surface area contributed by atoms with Crippen LogP contribution in [0, 0.1) is 0 Å². The van der Waals surface area contributed by atoms with Gasteiger partial charge < -0.3 is 15.5 Å². The zero-order valence-corrected chi connectivity index (χ0v) is 21.4. The van der Waals surface area contributed by atoms with E-state index in [0.29, 0.717) is 30.2 Å². The molecule has 0 spiro atoms. The maximum Gasteiger partial charge on any atom is 0.328 e. The predicted molar refractivity (Wildman–Crippen MR) is 144 cm³/mol. The van der Waals surface area contributed by atoms with Gasteiger partial charge in [-0.05, 0) is 36.1 Å². The number of hydrogen-bond acceptors (Lipinski definition) is 6. The summed E-state index contributed by atoms with van der Waals surface area (Å²) in [4.78, 5) is 26.5. The lowest BCUT2D eigenvalue weighted by Gasteiger charge is -2.22. The molecule has 2 heterocycles. The molecule has 0 aliphatic rings. The Balaban J connectivity index is 1.49. The van der Waals surface area contributed by atoms with Gasteiger partial charge in [0, 0.05) is 19.0 Å². The van der Waals surface area contributed by atoms with Crippen molar-refractivity contribution in [2.24, 2.45) is 0 Å². The van der Waals surface area contributed by atoms with Crippen molar-refractivity contribution in [3.63, 3.8) is 0 Å². The molecule has 36 heavy (non-hydrogen) atoms. The molecule has 0 unspecified atom stereocenters. The minimum absolute atomic E-state index is 0.187. The molecular formula is C27H33ClN6O2. The number of fused-ring (bicyclic) bond motifs is 1. The summed E-state index contributed by atoms with van der Waals surface area (Å²) in [5, 5.41) is 0. The zero-order valence-electron chi connectivity index (χ0n) is 20.6. The summed E-state index contributed by atoms with van der Waals surface area (Å²) in [6, 6.07) is 19.0. The predicted octanol–water partition coefficient (Wildman–Crippen LogP) is 4.56. The first kappa shape index (κ1) is 25.7. The Labute approximate surface area is 216 Å². The molecule has 2 aromatic carbocycles. The number of hydrogen-bond donors (Lipinski definition) is 2. The fraction of sp³-hybridized carbons (Fsp3) is 0.370. The van der Waals surface area contributed by atoms with E-state index in [-0.39, 0.29) is 17.5 Å². The molecule has 0 aliphatic carbocycles. The van der Waals surface area contributed by atoms with Crippen LogP contribution >= 0.6 is 11.6 Å². The lowest BCUT2D eigenvalue weighted by Crippen LogP contribution is -2.24. The average molecular weight is 509 g/mol. The molecule has 0 radical (unpaired) electrons. The van der Waals surface area contributed by atoms with Crippen LogP contribution in [0.4, 0.5) is 5.82 Å². The van der Waals surface area contributed by atoms with Crippen LogP contribution in [0.3, 0.4) is 0 Å². The van der Waals surface area contributed by atoms with Crippen LogP contribution in [-0.2, 0) is 19.6 Å². The first-order chi connectivity index (χ1) is 17.6. The maximum atomic E-state index is 12.7. The standard InChI is InChI=1S/C27H33ClN6O2/c1-2-3-16-36-26-31-24(29)23-25(32-26)34(27(35)30-23)19-22-12-10-21(11-13-22)18-33(15-7-14-28)17-20-8-5-4-6-9-20/h4-6,8-13H,2-3,7,14-19H2,1H3,(H,30,35)(H2,29,31,32). The van der Waals surface area contributed by atoms with Crippen molar-refractivity contribution in [1.82, 2.24) is 24.4 Å². The number of alkyl halides is 1. The largest absolute Gasteiger partial charge is 0.463 e. The molecular weight excluding hydrogens is 476 g/mol. The average Bonchev–Trinajstić information content (AvgIpc) is 3.20. The molecule has 8 nitrogen and oxygen atoms in total. The minimum Gasteiger partial charge on any atom is -0.463 e. The van der Waals surface area contributed by atoms with Gasteiger partial charge in [0.25, 0.3) is 0 Å². The molecule has 0 amide bonds. The topological polar surface area (TPSA) is 102 Å². The Morgan fingerprint density at radius 3 is 2.39 bits per heavy atom. The Morgan fingerprint density at radius 2 is 1.69 bits per heavy atom. The van der Waals surface area contributed by atoms with Gasteiger partial charge in [-0.2, -0.15) is 9.97 Å². The summed E-state index contributed by atoms with van der Waals surface area (Å²) in [6.45, 7) is 5.56. The number of aromatic nitrogens is 4. The Morgan fingerprint density at radius 1 is 1.00 bits per heavy atom. The van der Waals surface area contributed by atoms with Gasteiger partial charge in [0.05, 0.1) is 13.2 Å². The summed E-state index contributed by atoms with van der Waals surface area (Å²) in [7, 11) is 0. The zero-order chi connectivity index (χ0) is 25.3. The third-order valence-corrected chi connectivity index (χ3v) is 6.25. The van der Waals surface area contributed by atoms with Crippen molar-refractivity contribution < 1.29 is 4.74 Å². The van der Waals surface area contributed by atoms with E-state index in [1.807, 2.05) is 18.2 Å². The number of rotatable bonds is 13. The van der Waals surface area contributed by atoms with E-state index in [4.69, 9.17) is 22.1 Å². The number of H-pyrrole nitrogens is 1. The monoisotopic (exact) mass is 508 g/mol. The highest BCUT2D eigenvalue weighted by Crippen LogP contribution is 2.19. The Bertz CT molecular complexity index is 1300.